The summed E-state index contributed by atoms with van der Waals surface area (Å²) in [4.78, 5) is 0. The zero-order valence-electron chi connectivity index (χ0n) is 26.7. The molecule has 0 aliphatic heterocycles. The Labute approximate surface area is 287 Å². The van der Waals surface area contributed by atoms with Crippen LogP contribution >= 0.6 is 0 Å². The Hall–Kier alpha value is -7.39. The fourth-order valence-electron chi connectivity index (χ4n) is 7.39. The molecule has 5 nitrogen and oxygen atoms in total. The monoisotopic (exact) mass is 635 g/mol. The second kappa shape index (κ2) is 11.4. The molecule has 0 aliphatic carbocycles. The molecule has 0 aliphatic rings. The minimum atomic E-state index is 0.566. The maximum absolute atomic E-state index is 10.5. The maximum Gasteiger partial charge on any atom is 0.0998 e. The molecular formula is C45H25N5. The van der Waals surface area contributed by atoms with E-state index in [0.29, 0.717) is 16.7 Å². The van der Waals surface area contributed by atoms with Crippen LogP contribution in [0.3, 0.4) is 0 Å². The van der Waals surface area contributed by atoms with Gasteiger partial charge >= 0.3 is 0 Å². The van der Waals surface area contributed by atoms with Gasteiger partial charge < -0.3 is 9.13 Å². The molecule has 0 atom stereocenters. The van der Waals surface area contributed by atoms with Gasteiger partial charge in [0.2, 0.25) is 0 Å². The molecule has 0 radical (unpaired) electrons. The molecule has 5 heteroatoms. The number of para-hydroxylation sites is 3. The third-order valence-corrected chi connectivity index (χ3v) is 9.62. The normalized spacial score (nSPS) is 11.1. The van der Waals surface area contributed by atoms with Crippen LogP contribution in [0, 0.1) is 34.0 Å². The molecule has 0 spiro atoms. The highest BCUT2D eigenvalue weighted by atomic mass is 15.0. The lowest BCUT2D eigenvalue weighted by Gasteiger charge is -2.16. The van der Waals surface area contributed by atoms with Gasteiger partial charge in [0.05, 0.1) is 62.7 Å². The van der Waals surface area contributed by atoms with Crippen molar-refractivity contribution in [2.75, 3.05) is 0 Å². The summed E-state index contributed by atoms with van der Waals surface area (Å²) < 4.78 is 4.46. The van der Waals surface area contributed by atoms with E-state index < -0.39 is 0 Å². The highest BCUT2D eigenvalue weighted by Gasteiger charge is 2.18. The quantitative estimate of drug-likeness (QED) is 0.193. The Kier molecular flexibility index (Phi) is 6.56. The van der Waals surface area contributed by atoms with Crippen molar-refractivity contribution in [3.8, 4) is 51.8 Å². The van der Waals surface area contributed by atoms with Gasteiger partial charge in [0.15, 0.2) is 0 Å². The zero-order chi connectivity index (χ0) is 33.8. The third-order valence-electron chi connectivity index (χ3n) is 9.62. The lowest BCUT2D eigenvalue weighted by atomic mass is 9.94. The number of fused-ring (bicyclic) bond motifs is 6. The minimum absolute atomic E-state index is 0.566. The molecule has 50 heavy (non-hydrogen) atoms. The summed E-state index contributed by atoms with van der Waals surface area (Å²) in [5, 5.41) is 34.0. The fourth-order valence-corrected chi connectivity index (χ4v) is 7.39. The Bertz CT molecular complexity index is 2850. The van der Waals surface area contributed by atoms with Gasteiger partial charge in [-0.3, -0.25) is 0 Å². The Morgan fingerprint density at radius 3 is 1.60 bits per heavy atom. The van der Waals surface area contributed by atoms with Crippen molar-refractivity contribution in [1.29, 1.82) is 15.8 Å². The van der Waals surface area contributed by atoms with E-state index in [-0.39, 0.29) is 0 Å². The van der Waals surface area contributed by atoms with Crippen LogP contribution in [0.25, 0.3) is 77.2 Å². The molecule has 0 bridgehead atoms. The summed E-state index contributed by atoms with van der Waals surface area (Å²) in [6.07, 6.45) is 0. The summed E-state index contributed by atoms with van der Waals surface area (Å²) in [6, 6.07) is 57.9. The van der Waals surface area contributed by atoms with Crippen molar-refractivity contribution in [1.82, 2.24) is 9.13 Å². The van der Waals surface area contributed by atoms with E-state index in [4.69, 9.17) is 0 Å². The van der Waals surface area contributed by atoms with Crippen molar-refractivity contribution in [2.24, 2.45) is 0 Å². The number of hydrogen-bond acceptors (Lipinski definition) is 3. The van der Waals surface area contributed by atoms with Crippen LogP contribution in [0.4, 0.5) is 0 Å². The number of nitrogens with zero attached hydrogens (tertiary/aromatic N) is 5. The van der Waals surface area contributed by atoms with E-state index in [1.165, 1.54) is 10.8 Å². The molecule has 0 unspecified atom stereocenters. The Balaban J connectivity index is 1.19. The van der Waals surface area contributed by atoms with Crippen molar-refractivity contribution in [2.45, 2.75) is 0 Å². The molecule has 2 heterocycles. The minimum Gasteiger partial charge on any atom is -0.309 e. The van der Waals surface area contributed by atoms with Crippen LogP contribution in [0.15, 0.2) is 152 Å². The first-order chi connectivity index (χ1) is 24.7. The highest BCUT2D eigenvalue weighted by Crippen LogP contribution is 2.39. The summed E-state index contributed by atoms with van der Waals surface area (Å²) in [7, 11) is 0. The first-order valence-corrected chi connectivity index (χ1v) is 16.3. The van der Waals surface area contributed by atoms with Crippen LogP contribution in [-0.4, -0.2) is 9.13 Å². The molecule has 0 saturated heterocycles. The van der Waals surface area contributed by atoms with Crippen molar-refractivity contribution < 1.29 is 0 Å². The number of benzene rings is 7. The first kappa shape index (κ1) is 28.8. The van der Waals surface area contributed by atoms with Gasteiger partial charge in [-0.25, -0.2) is 0 Å². The predicted molar refractivity (Wildman–Crippen MR) is 200 cm³/mol. The van der Waals surface area contributed by atoms with Gasteiger partial charge in [0, 0.05) is 38.4 Å². The molecule has 230 valence electrons. The molecule has 0 saturated carbocycles. The Morgan fingerprint density at radius 1 is 0.380 bits per heavy atom. The topological polar surface area (TPSA) is 81.2 Å². The van der Waals surface area contributed by atoms with E-state index in [0.717, 1.165) is 66.5 Å². The summed E-state index contributed by atoms with van der Waals surface area (Å²) in [5.74, 6) is 0. The molecule has 9 rings (SSSR count). The number of nitriles is 3. The van der Waals surface area contributed by atoms with Crippen LogP contribution in [0.5, 0.6) is 0 Å². The van der Waals surface area contributed by atoms with Gasteiger partial charge in [-0.05, 0) is 83.9 Å². The zero-order valence-corrected chi connectivity index (χ0v) is 26.7. The number of aromatic nitrogens is 2. The standard InChI is InChI=1S/C45H25N5/c46-26-29-16-20-44-39(22-29)40-23-30(27-47)17-21-45(40)49(44)34-9-7-8-31(25-34)32-18-19-35(33(24-32)28-48)36-10-1-4-13-41(36)50-42-14-5-2-11-37(42)38-12-3-6-15-43(38)50/h1-25H. The third kappa shape index (κ3) is 4.38. The van der Waals surface area contributed by atoms with Gasteiger partial charge in [-0.1, -0.05) is 78.9 Å². The second-order valence-corrected chi connectivity index (χ2v) is 12.3. The molecule has 9 aromatic rings. The van der Waals surface area contributed by atoms with Gasteiger partial charge in [-0.15, -0.1) is 0 Å². The summed E-state index contributed by atoms with van der Waals surface area (Å²) in [5.41, 5.74) is 11.6. The van der Waals surface area contributed by atoms with E-state index in [1.807, 2.05) is 60.7 Å². The smallest absolute Gasteiger partial charge is 0.0998 e. The van der Waals surface area contributed by atoms with Crippen LogP contribution in [0.1, 0.15) is 16.7 Å². The largest absolute Gasteiger partial charge is 0.309 e. The highest BCUT2D eigenvalue weighted by molar-refractivity contribution is 6.11. The fraction of sp³-hybridized carbons (Fsp3) is 0. The number of rotatable bonds is 4. The molecule has 7 aromatic carbocycles. The van der Waals surface area contributed by atoms with E-state index in [1.54, 1.807) is 0 Å². The van der Waals surface area contributed by atoms with E-state index in [2.05, 4.69) is 118 Å². The lowest BCUT2D eigenvalue weighted by molar-refractivity contribution is 1.18. The van der Waals surface area contributed by atoms with Crippen LogP contribution < -0.4 is 0 Å². The van der Waals surface area contributed by atoms with Crippen molar-refractivity contribution in [3.63, 3.8) is 0 Å². The first-order valence-electron chi connectivity index (χ1n) is 16.3. The van der Waals surface area contributed by atoms with Crippen molar-refractivity contribution >= 4 is 43.6 Å². The Morgan fingerprint density at radius 2 is 0.960 bits per heavy atom. The summed E-state index contributed by atoms with van der Waals surface area (Å²) in [6.45, 7) is 0. The van der Waals surface area contributed by atoms with E-state index >= 15 is 0 Å². The maximum atomic E-state index is 10.5. The van der Waals surface area contributed by atoms with Gasteiger partial charge in [-0.2, -0.15) is 15.8 Å². The van der Waals surface area contributed by atoms with E-state index in [9.17, 15) is 15.8 Å². The SMILES string of the molecule is N#Cc1ccc2c(c1)c1cc(C#N)ccc1n2-c1cccc(-c2ccc(-c3ccccc3-n3c4ccccc4c4ccccc43)c(C#N)c2)c1. The summed E-state index contributed by atoms with van der Waals surface area (Å²) >= 11 is 0. The molecular weight excluding hydrogens is 611 g/mol. The van der Waals surface area contributed by atoms with Crippen molar-refractivity contribution in [3.05, 3.63) is 168 Å². The van der Waals surface area contributed by atoms with Crippen LogP contribution in [-0.2, 0) is 0 Å². The van der Waals surface area contributed by atoms with Crippen LogP contribution in [0.2, 0.25) is 0 Å². The lowest BCUT2D eigenvalue weighted by Crippen LogP contribution is -1.98. The number of hydrogen-bond donors (Lipinski definition) is 0. The van der Waals surface area contributed by atoms with Gasteiger partial charge in [0.25, 0.3) is 0 Å². The molecule has 2 aromatic heterocycles. The molecule has 0 amide bonds. The average Bonchev–Trinajstić information content (AvgIpc) is 3.69. The molecule has 0 fully saturated rings. The molecule has 0 N–H and O–H groups in total. The average molecular weight is 636 g/mol. The predicted octanol–water partition coefficient (Wildman–Crippen LogP) is 10.8. The van der Waals surface area contributed by atoms with Gasteiger partial charge in [0.1, 0.15) is 0 Å². The second-order valence-electron chi connectivity index (χ2n) is 12.3.